The minimum absolute atomic E-state index is 0.0407. The summed E-state index contributed by atoms with van der Waals surface area (Å²) < 4.78 is 10.4. The molecule has 0 aliphatic heterocycles. The van der Waals surface area contributed by atoms with E-state index in [2.05, 4.69) is 5.32 Å². The average molecular weight is 252 g/mol. The lowest BCUT2D eigenvalue weighted by Gasteiger charge is -2.17. The van der Waals surface area contributed by atoms with E-state index >= 15 is 0 Å². The van der Waals surface area contributed by atoms with Gasteiger partial charge in [-0.1, -0.05) is 0 Å². The fraction of sp³-hybridized carbons (Fsp3) is 0.462. The normalized spacial score (nSPS) is 9.94. The number of amides is 1. The summed E-state index contributed by atoms with van der Waals surface area (Å²) in [6.07, 6.45) is 0. The second-order valence-corrected chi connectivity index (χ2v) is 3.88. The highest BCUT2D eigenvalue weighted by Gasteiger charge is 2.08. The molecule has 0 saturated heterocycles. The number of rotatable bonds is 7. The summed E-state index contributed by atoms with van der Waals surface area (Å²) in [4.78, 5) is 13.3. The Morgan fingerprint density at radius 2 is 1.89 bits per heavy atom. The van der Waals surface area contributed by atoms with E-state index < -0.39 is 0 Å². The van der Waals surface area contributed by atoms with Crippen LogP contribution >= 0.6 is 0 Å². The number of hydrogen-bond donors (Lipinski definition) is 1. The zero-order valence-corrected chi connectivity index (χ0v) is 11.1. The van der Waals surface area contributed by atoms with E-state index in [1.54, 1.807) is 43.3 Å². The molecule has 0 aliphatic carbocycles. The third kappa shape index (κ3) is 4.63. The first-order chi connectivity index (χ1) is 8.67. The molecule has 1 rings (SSSR count). The van der Waals surface area contributed by atoms with Crippen LogP contribution in [0.3, 0.4) is 0 Å². The van der Waals surface area contributed by atoms with Crippen molar-refractivity contribution in [1.82, 2.24) is 10.2 Å². The van der Waals surface area contributed by atoms with Crippen molar-refractivity contribution in [3.63, 3.8) is 0 Å². The minimum atomic E-state index is -0.0407. The van der Waals surface area contributed by atoms with E-state index in [1.165, 1.54) is 0 Å². The third-order valence-electron chi connectivity index (χ3n) is 2.54. The number of carbonyl (C=O) groups excluding carboxylic acids is 1. The molecule has 5 heteroatoms. The topological polar surface area (TPSA) is 50.8 Å². The van der Waals surface area contributed by atoms with Gasteiger partial charge >= 0.3 is 0 Å². The van der Waals surface area contributed by atoms with Crippen LogP contribution in [0.2, 0.25) is 0 Å². The van der Waals surface area contributed by atoms with Crippen molar-refractivity contribution in [3.8, 4) is 11.5 Å². The highest BCUT2D eigenvalue weighted by Crippen LogP contribution is 2.16. The zero-order chi connectivity index (χ0) is 13.4. The summed E-state index contributed by atoms with van der Waals surface area (Å²) >= 11 is 0. The maximum atomic E-state index is 11.7. The molecule has 0 radical (unpaired) electrons. The smallest absolute Gasteiger partial charge is 0.260 e. The van der Waals surface area contributed by atoms with E-state index in [9.17, 15) is 4.79 Å². The number of benzene rings is 1. The summed E-state index contributed by atoms with van der Waals surface area (Å²) in [6.45, 7) is 1.48. The van der Waals surface area contributed by atoms with Gasteiger partial charge in [0.1, 0.15) is 11.5 Å². The highest BCUT2D eigenvalue weighted by molar-refractivity contribution is 5.77. The molecule has 0 aliphatic rings. The maximum absolute atomic E-state index is 11.7. The van der Waals surface area contributed by atoms with E-state index in [0.29, 0.717) is 12.3 Å². The van der Waals surface area contributed by atoms with Gasteiger partial charge in [0.2, 0.25) is 0 Å². The Kier molecular flexibility index (Phi) is 6.00. The van der Waals surface area contributed by atoms with Gasteiger partial charge in [-0.05, 0) is 31.3 Å². The molecular weight excluding hydrogens is 232 g/mol. The van der Waals surface area contributed by atoms with Crippen molar-refractivity contribution in [2.75, 3.05) is 40.9 Å². The van der Waals surface area contributed by atoms with Crippen molar-refractivity contribution in [1.29, 1.82) is 0 Å². The predicted octanol–water partition coefficient (Wildman–Crippen LogP) is 0.752. The Morgan fingerprint density at radius 3 is 2.44 bits per heavy atom. The van der Waals surface area contributed by atoms with Crippen molar-refractivity contribution in [2.45, 2.75) is 0 Å². The van der Waals surface area contributed by atoms with Crippen LogP contribution in [0, 0.1) is 0 Å². The van der Waals surface area contributed by atoms with Crippen LogP contribution in [0.5, 0.6) is 11.5 Å². The van der Waals surface area contributed by atoms with Gasteiger partial charge in [0.25, 0.3) is 5.91 Å². The van der Waals surface area contributed by atoms with Crippen LogP contribution in [0.1, 0.15) is 0 Å². The number of nitrogens with one attached hydrogen (secondary N) is 1. The molecule has 0 spiro atoms. The van der Waals surface area contributed by atoms with Crippen LogP contribution in [-0.2, 0) is 4.79 Å². The Morgan fingerprint density at radius 1 is 1.28 bits per heavy atom. The molecule has 5 nitrogen and oxygen atoms in total. The molecule has 1 amide bonds. The second-order valence-electron chi connectivity index (χ2n) is 3.88. The van der Waals surface area contributed by atoms with Crippen molar-refractivity contribution in [3.05, 3.63) is 24.3 Å². The minimum Gasteiger partial charge on any atom is -0.497 e. The van der Waals surface area contributed by atoms with Gasteiger partial charge in [0.15, 0.2) is 6.61 Å². The van der Waals surface area contributed by atoms with E-state index in [-0.39, 0.29) is 12.5 Å². The van der Waals surface area contributed by atoms with Crippen molar-refractivity contribution in [2.24, 2.45) is 0 Å². The fourth-order valence-corrected chi connectivity index (χ4v) is 1.33. The summed E-state index contributed by atoms with van der Waals surface area (Å²) in [5.74, 6) is 1.38. The van der Waals surface area contributed by atoms with Crippen LogP contribution in [-0.4, -0.2) is 51.7 Å². The molecule has 0 fully saturated rings. The molecule has 0 aromatic heterocycles. The molecule has 18 heavy (non-hydrogen) atoms. The quantitative estimate of drug-likeness (QED) is 0.778. The van der Waals surface area contributed by atoms with Crippen LogP contribution in [0.25, 0.3) is 0 Å². The molecule has 0 atom stereocenters. The SMILES string of the molecule is CNCCN(C)C(=O)COc1ccc(OC)cc1. The molecule has 100 valence electrons. The summed E-state index contributed by atoms with van der Waals surface area (Å²) in [7, 11) is 5.22. The van der Waals surface area contributed by atoms with Crippen LogP contribution < -0.4 is 14.8 Å². The zero-order valence-electron chi connectivity index (χ0n) is 11.1. The van der Waals surface area contributed by atoms with Crippen LogP contribution in [0.15, 0.2) is 24.3 Å². The summed E-state index contributed by atoms with van der Waals surface area (Å²) in [5, 5.41) is 2.99. The molecule has 0 saturated carbocycles. The molecule has 1 aromatic rings. The number of likely N-dealkylation sites (N-methyl/N-ethyl adjacent to an activating group) is 2. The number of ether oxygens (including phenoxy) is 2. The molecule has 0 bridgehead atoms. The second kappa shape index (κ2) is 7.55. The first-order valence-electron chi connectivity index (χ1n) is 5.82. The monoisotopic (exact) mass is 252 g/mol. The Hall–Kier alpha value is -1.75. The predicted molar refractivity (Wildman–Crippen MR) is 70.1 cm³/mol. The Balaban J connectivity index is 2.37. The Labute approximate surface area is 108 Å². The number of carbonyl (C=O) groups is 1. The maximum Gasteiger partial charge on any atom is 0.260 e. The van der Waals surface area contributed by atoms with Gasteiger partial charge < -0.3 is 19.7 Å². The molecule has 0 unspecified atom stereocenters. The van der Waals surface area contributed by atoms with Gasteiger partial charge in [-0.25, -0.2) is 0 Å². The van der Waals surface area contributed by atoms with Gasteiger partial charge in [0, 0.05) is 20.1 Å². The molecular formula is C13H20N2O3. The highest BCUT2D eigenvalue weighted by atomic mass is 16.5. The first kappa shape index (κ1) is 14.3. The van der Waals surface area contributed by atoms with Gasteiger partial charge in [-0.15, -0.1) is 0 Å². The van der Waals surface area contributed by atoms with Crippen molar-refractivity contribution < 1.29 is 14.3 Å². The third-order valence-corrected chi connectivity index (χ3v) is 2.54. The standard InChI is InChI=1S/C13H20N2O3/c1-14-8-9-15(2)13(16)10-18-12-6-4-11(17-3)5-7-12/h4-7,14H,8-10H2,1-3H3. The van der Waals surface area contributed by atoms with E-state index in [0.717, 1.165) is 12.3 Å². The average Bonchev–Trinajstić information content (AvgIpc) is 2.42. The van der Waals surface area contributed by atoms with Gasteiger partial charge in [-0.2, -0.15) is 0 Å². The number of methoxy groups -OCH3 is 1. The first-order valence-corrected chi connectivity index (χ1v) is 5.82. The molecule has 0 heterocycles. The van der Waals surface area contributed by atoms with Crippen molar-refractivity contribution >= 4 is 5.91 Å². The fourth-order valence-electron chi connectivity index (χ4n) is 1.33. The lowest BCUT2D eigenvalue weighted by Crippen LogP contribution is -2.35. The lowest BCUT2D eigenvalue weighted by molar-refractivity contribution is -0.131. The number of nitrogens with zero attached hydrogens (tertiary/aromatic N) is 1. The van der Waals surface area contributed by atoms with Gasteiger partial charge in [-0.3, -0.25) is 4.79 Å². The summed E-state index contributed by atoms with van der Waals surface area (Å²) in [5.41, 5.74) is 0. The molecule has 1 aromatic carbocycles. The van der Waals surface area contributed by atoms with E-state index in [4.69, 9.17) is 9.47 Å². The Bertz CT molecular complexity index is 365. The lowest BCUT2D eigenvalue weighted by atomic mass is 10.3. The van der Waals surface area contributed by atoms with Gasteiger partial charge in [0.05, 0.1) is 7.11 Å². The van der Waals surface area contributed by atoms with Crippen LogP contribution in [0.4, 0.5) is 0 Å². The molecule has 1 N–H and O–H groups in total. The van der Waals surface area contributed by atoms with E-state index in [1.807, 2.05) is 7.05 Å². The largest absolute Gasteiger partial charge is 0.497 e. The number of hydrogen-bond acceptors (Lipinski definition) is 4. The summed E-state index contributed by atoms with van der Waals surface area (Å²) in [6, 6.07) is 7.15.